The van der Waals surface area contributed by atoms with Gasteiger partial charge >= 0.3 is 6.03 Å². The third-order valence-electron chi connectivity index (χ3n) is 6.01. The summed E-state index contributed by atoms with van der Waals surface area (Å²) in [7, 11) is 0. The Bertz CT molecular complexity index is 594. The van der Waals surface area contributed by atoms with Crippen LogP contribution in [0.2, 0.25) is 0 Å². The molecule has 1 saturated heterocycles. The molecule has 2 amide bonds. The summed E-state index contributed by atoms with van der Waals surface area (Å²) in [6, 6.07) is 0.0396. The zero-order chi connectivity index (χ0) is 16.6. The number of nitrogens with one attached hydrogen (secondary N) is 1. The lowest BCUT2D eigenvalue weighted by molar-refractivity contribution is -0.0226. The number of nitrogens with zero attached hydrogens (tertiary/aromatic N) is 4. The second kappa shape index (κ2) is 6.35. The first-order valence-electron chi connectivity index (χ1n) is 9.24. The van der Waals surface area contributed by atoms with Crippen LogP contribution in [0.5, 0.6) is 0 Å². The molecule has 132 valence electrons. The van der Waals surface area contributed by atoms with Crippen LogP contribution in [-0.4, -0.2) is 51.9 Å². The molecule has 1 aromatic heterocycles. The predicted molar refractivity (Wildman–Crippen MR) is 88.4 cm³/mol. The summed E-state index contributed by atoms with van der Waals surface area (Å²) in [5.74, 6) is 1.66. The Labute approximate surface area is 142 Å². The molecule has 1 atom stereocenters. The maximum Gasteiger partial charge on any atom is 0.317 e. The molecule has 3 aliphatic rings. The number of hydrogen-bond acceptors (Lipinski definition) is 4. The second-order valence-electron chi connectivity index (χ2n) is 7.43. The number of carbonyl (C=O) groups is 1. The van der Waals surface area contributed by atoms with E-state index in [-0.39, 0.29) is 12.1 Å². The fourth-order valence-corrected chi connectivity index (χ4v) is 4.17. The van der Waals surface area contributed by atoms with Gasteiger partial charge in [-0.3, -0.25) is 0 Å². The molecule has 0 unspecified atom stereocenters. The van der Waals surface area contributed by atoms with Gasteiger partial charge in [-0.25, -0.2) is 4.79 Å². The SMILES string of the molecule is CCn1cnnc1[C@H]1CN(C(=O)NCC2(C3CC3)CCC2)CCO1. The molecule has 1 aliphatic heterocycles. The molecule has 2 heterocycles. The van der Waals surface area contributed by atoms with Gasteiger partial charge in [-0.1, -0.05) is 6.42 Å². The van der Waals surface area contributed by atoms with Crippen LogP contribution in [0, 0.1) is 11.3 Å². The topological polar surface area (TPSA) is 72.3 Å². The molecule has 2 aliphatic carbocycles. The minimum Gasteiger partial charge on any atom is -0.366 e. The number of hydrogen-bond donors (Lipinski definition) is 1. The van der Waals surface area contributed by atoms with E-state index in [1.165, 1.54) is 32.1 Å². The van der Waals surface area contributed by atoms with Crippen molar-refractivity contribution < 1.29 is 9.53 Å². The van der Waals surface area contributed by atoms with Crippen molar-refractivity contribution in [3.05, 3.63) is 12.2 Å². The normalized spacial score (nSPS) is 26.0. The molecule has 7 heteroatoms. The first-order chi connectivity index (χ1) is 11.7. The van der Waals surface area contributed by atoms with Gasteiger partial charge < -0.3 is 19.5 Å². The van der Waals surface area contributed by atoms with E-state index in [4.69, 9.17) is 4.74 Å². The summed E-state index contributed by atoms with van der Waals surface area (Å²) >= 11 is 0. The van der Waals surface area contributed by atoms with Gasteiger partial charge in [0.15, 0.2) is 5.82 Å². The summed E-state index contributed by atoms with van der Waals surface area (Å²) in [5, 5.41) is 11.3. The van der Waals surface area contributed by atoms with Crippen molar-refractivity contribution in [2.75, 3.05) is 26.2 Å². The zero-order valence-corrected chi connectivity index (χ0v) is 14.4. The first-order valence-corrected chi connectivity index (χ1v) is 9.24. The van der Waals surface area contributed by atoms with Crippen LogP contribution in [-0.2, 0) is 11.3 Å². The van der Waals surface area contributed by atoms with E-state index in [1.54, 1.807) is 6.33 Å². The summed E-state index contributed by atoms with van der Waals surface area (Å²) < 4.78 is 7.80. The highest BCUT2D eigenvalue weighted by Gasteiger charge is 2.49. The molecule has 7 nitrogen and oxygen atoms in total. The van der Waals surface area contributed by atoms with E-state index >= 15 is 0 Å². The van der Waals surface area contributed by atoms with Crippen molar-refractivity contribution >= 4 is 6.03 Å². The van der Waals surface area contributed by atoms with E-state index < -0.39 is 0 Å². The van der Waals surface area contributed by atoms with Gasteiger partial charge in [-0.15, -0.1) is 10.2 Å². The van der Waals surface area contributed by atoms with E-state index in [2.05, 4.69) is 22.4 Å². The Morgan fingerprint density at radius 3 is 2.96 bits per heavy atom. The van der Waals surface area contributed by atoms with Crippen molar-refractivity contribution in [2.45, 2.75) is 51.7 Å². The van der Waals surface area contributed by atoms with E-state index in [9.17, 15) is 4.79 Å². The van der Waals surface area contributed by atoms with E-state index in [1.807, 2.05) is 9.47 Å². The Hall–Kier alpha value is -1.63. The molecular weight excluding hydrogens is 306 g/mol. The summed E-state index contributed by atoms with van der Waals surface area (Å²) in [6.07, 6.45) is 8.11. The van der Waals surface area contributed by atoms with Crippen molar-refractivity contribution in [3.8, 4) is 0 Å². The van der Waals surface area contributed by atoms with Gasteiger partial charge in [0.2, 0.25) is 0 Å². The van der Waals surface area contributed by atoms with Crippen LogP contribution >= 0.6 is 0 Å². The number of aryl methyl sites for hydroxylation is 1. The van der Waals surface area contributed by atoms with Crippen molar-refractivity contribution in [1.29, 1.82) is 0 Å². The number of carbonyl (C=O) groups excluding carboxylic acids is 1. The minimum atomic E-state index is -0.187. The average molecular weight is 333 g/mol. The molecule has 3 fully saturated rings. The lowest BCUT2D eigenvalue weighted by atomic mass is 9.65. The van der Waals surface area contributed by atoms with Gasteiger partial charge in [0, 0.05) is 19.6 Å². The third-order valence-corrected chi connectivity index (χ3v) is 6.01. The van der Waals surface area contributed by atoms with Crippen molar-refractivity contribution in [2.24, 2.45) is 11.3 Å². The molecule has 0 bridgehead atoms. The van der Waals surface area contributed by atoms with Crippen LogP contribution in [0.4, 0.5) is 4.79 Å². The monoisotopic (exact) mass is 333 g/mol. The van der Waals surface area contributed by atoms with Gasteiger partial charge in [-0.05, 0) is 43.9 Å². The lowest BCUT2D eigenvalue weighted by Gasteiger charge is -2.43. The second-order valence-corrected chi connectivity index (χ2v) is 7.43. The molecular formula is C17H27N5O2. The van der Waals surface area contributed by atoms with Gasteiger partial charge in [0.25, 0.3) is 0 Å². The highest BCUT2D eigenvalue weighted by molar-refractivity contribution is 5.74. The zero-order valence-electron chi connectivity index (χ0n) is 14.4. The number of amides is 2. The molecule has 1 aromatic rings. The lowest BCUT2D eigenvalue weighted by Crippen LogP contribution is -2.51. The smallest absolute Gasteiger partial charge is 0.317 e. The molecule has 4 rings (SSSR count). The molecule has 0 spiro atoms. The number of morpholine rings is 1. The highest BCUT2D eigenvalue weighted by atomic mass is 16.5. The molecule has 2 saturated carbocycles. The summed E-state index contributed by atoms with van der Waals surface area (Å²) in [4.78, 5) is 14.5. The number of aromatic nitrogens is 3. The van der Waals surface area contributed by atoms with Crippen molar-refractivity contribution in [1.82, 2.24) is 25.0 Å². The number of urea groups is 1. The first kappa shape index (κ1) is 15.9. The van der Waals surface area contributed by atoms with Gasteiger partial charge in [0.05, 0.1) is 13.2 Å². The fraction of sp³-hybridized carbons (Fsp3) is 0.824. The highest BCUT2D eigenvalue weighted by Crippen LogP contribution is 2.56. The number of rotatable bonds is 5. The maximum absolute atomic E-state index is 12.6. The third kappa shape index (κ3) is 2.90. The Morgan fingerprint density at radius 2 is 2.29 bits per heavy atom. The number of ether oxygens (including phenoxy) is 1. The van der Waals surface area contributed by atoms with Gasteiger partial charge in [0.1, 0.15) is 12.4 Å². The van der Waals surface area contributed by atoms with Crippen LogP contribution in [0.3, 0.4) is 0 Å². The van der Waals surface area contributed by atoms with Crippen LogP contribution in [0.15, 0.2) is 6.33 Å². The van der Waals surface area contributed by atoms with E-state index in [0.717, 1.165) is 24.8 Å². The maximum atomic E-state index is 12.6. The molecule has 24 heavy (non-hydrogen) atoms. The average Bonchev–Trinajstić information content (AvgIpc) is 3.30. The standard InChI is InChI=1S/C17H27N5O2/c1-2-21-12-19-20-15(21)14-10-22(8-9-24-14)16(23)18-11-17(6-3-7-17)13-4-5-13/h12-14H,2-11H2,1H3,(H,18,23)/t14-/m1/s1. The summed E-state index contributed by atoms with van der Waals surface area (Å²) in [5.41, 5.74) is 0.406. The Kier molecular flexibility index (Phi) is 4.20. The predicted octanol–water partition coefficient (Wildman–Crippen LogP) is 1.96. The molecule has 1 N–H and O–H groups in total. The quantitative estimate of drug-likeness (QED) is 0.894. The minimum absolute atomic E-state index is 0.0396. The molecule has 0 radical (unpaired) electrons. The van der Waals surface area contributed by atoms with E-state index in [0.29, 0.717) is 25.1 Å². The van der Waals surface area contributed by atoms with Crippen LogP contribution in [0.1, 0.15) is 51.0 Å². The van der Waals surface area contributed by atoms with Crippen LogP contribution < -0.4 is 5.32 Å². The van der Waals surface area contributed by atoms with Crippen molar-refractivity contribution in [3.63, 3.8) is 0 Å². The summed E-state index contributed by atoms with van der Waals surface area (Å²) in [6.45, 7) is 5.42. The molecule has 0 aromatic carbocycles. The Morgan fingerprint density at radius 1 is 1.46 bits per heavy atom. The van der Waals surface area contributed by atoms with Gasteiger partial charge in [-0.2, -0.15) is 0 Å². The fourth-order valence-electron chi connectivity index (χ4n) is 4.17. The van der Waals surface area contributed by atoms with Crippen LogP contribution in [0.25, 0.3) is 0 Å². The Balaban J connectivity index is 1.34. The largest absolute Gasteiger partial charge is 0.366 e.